The second-order valence-electron chi connectivity index (χ2n) is 14.3. The summed E-state index contributed by atoms with van der Waals surface area (Å²) >= 11 is 1.84. The summed E-state index contributed by atoms with van der Waals surface area (Å²) in [6, 6.07) is 63.6. The second-order valence-corrected chi connectivity index (χ2v) is 15.4. The van der Waals surface area contributed by atoms with Crippen LogP contribution in [0.25, 0.3) is 115 Å². The maximum Gasteiger partial charge on any atom is 0.164 e. The van der Waals surface area contributed by atoms with Crippen molar-refractivity contribution in [1.29, 1.82) is 0 Å². The maximum absolute atomic E-state index is 7.23. The van der Waals surface area contributed by atoms with Crippen LogP contribution in [0.15, 0.2) is 186 Å². The van der Waals surface area contributed by atoms with Gasteiger partial charge in [-0.25, -0.2) is 15.0 Å². The van der Waals surface area contributed by atoms with Crippen molar-refractivity contribution in [3.8, 4) is 51.0 Å². The highest BCUT2D eigenvalue weighted by Gasteiger charge is 2.24. The molecule has 0 aliphatic heterocycles. The second kappa shape index (κ2) is 12.6. The molecule has 266 valence electrons. The number of benzene rings is 8. The number of nitrogens with zero attached hydrogens (tertiary/aromatic N) is 4. The molecular formula is C51H30N4OS. The number of hydrogen-bond acceptors (Lipinski definition) is 5. The van der Waals surface area contributed by atoms with Gasteiger partial charge in [-0.15, -0.1) is 11.3 Å². The molecule has 0 N–H and O–H groups in total. The number of para-hydroxylation sites is 2. The lowest BCUT2D eigenvalue weighted by atomic mass is 9.98. The van der Waals surface area contributed by atoms with Crippen molar-refractivity contribution in [2.75, 3.05) is 0 Å². The lowest BCUT2D eigenvalue weighted by molar-refractivity contribution is 0.667. The third-order valence-electron chi connectivity index (χ3n) is 11.1. The van der Waals surface area contributed by atoms with Crippen LogP contribution in [-0.2, 0) is 0 Å². The summed E-state index contributed by atoms with van der Waals surface area (Å²) in [6.07, 6.45) is 0. The van der Waals surface area contributed by atoms with E-state index in [1.54, 1.807) is 0 Å². The molecule has 0 saturated heterocycles. The van der Waals surface area contributed by atoms with E-state index in [0.717, 1.165) is 66.5 Å². The first-order valence-corrected chi connectivity index (χ1v) is 19.8. The van der Waals surface area contributed by atoms with E-state index in [0.29, 0.717) is 17.5 Å². The molecule has 0 unspecified atom stereocenters. The van der Waals surface area contributed by atoms with E-state index >= 15 is 0 Å². The van der Waals surface area contributed by atoms with Gasteiger partial charge in [-0.05, 0) is 48.0 Å². The first kappa shape index (κ1) is 31.9. The van der Waals surface area contributed by atoms with Crippen LogP contribution in [0.4, 0.5) is 0 Å². The minimum absolute atomic E-state index is 0.587. The molecule has 12 rings (SSSR count). The lowest BCUT2D eigenvalue weighted by Crippen LogP contribution is -2.00. The fourth-order valence-electron chi connectivity index (χ4n) is 8.47. The minimum Gasteiger partial charge on any atom is -0.453 e. The predicted octanol–water partition coefficient (Wildman–Crippen LogP) is 13.9. The summed E-state index contributed by atoms with van der Waals surface area (Å²) in [4.78, 5) is 15.3. The first-order chi connectivity index (χ1) is 28.3. The fourth-order valence-corrected chi connectivity index (χ4v) is 9.59. The van der Waals surface area contributed by atoms with Crippen molar-refractivity contribution in [1.82, 2.24) is 19.5 Å². The van der Waals surface area contributed by atoms with E-state index in [2.05, 4.69) is 120 Å². The van der Waals surface area contributed by atoms with E-state index in [4.69, 9.17) is 19.4 Å². The molecule has 0 aliphatic carbocycles. The summed E-state index contributed by atoms with van der Waals surface area (Å²) in [5.74, 6) is 1.82. The van der Waals surface area contributed by atoms with E-state index in [1.165, 1.54) is 30.9 Å². The zero-order valence-electron chi connectivity index (χ0n) is 30.4. The van der Waals surface area contributed by atoms with Crippen molar-refractivity contribution < 1.29 is 4.42 Å². The zero-order valence-corrected chi connectivity index (χ0v) is 31.2. The average molecular weight is 747 g/mol. The number of rotatable bonds is 5. The normalized spacial score (nSPS) is 11.9. The lowest BCUT2D eigenvalue weighted by Gasteiger charge is -2.11. The van der Waals surface area contributed by atoms with Crippen LogP contribution in [0.3, 0.4) is 0 Å². The Labute approximate surface area is 330 Å². The first-order valence-electron chi connectivity index (χ1n) is 19.0. The van der Waals surface area contributed by atoms with Gasteiger partial charge in [-0.3, -0.25) is 0 Å². The van der Waals surface area contributed by atoms with Gasteiger partial charge in [0.25, 0.3) is 0 Å². The monoisotopic (exact) mass is 746 g/mol. The average Bonchev–Trinajstić information content (AvgIpc) is 3.96. The smallest absolute Gasteiger partial charge is 0.164 e. The van der Waals surface area contributed by atoms with Gasteiger partial charge in [0.05, 0.1) is 16.7 Å². The zero-order chi connectivity index (χ0) is 37.5. The van der Waals surface area contributed by atoms with E-state index in [1.807, 2.05) is 78.1 Å². The van der Waals surface area contributed by atoms with Crippen molar-refractivity contribution in [3.63, 3.8) is 0 Å². The van der Waals surface area contributed by atoms with Crippen LogP contribution in [0, 0.1) is 0 Å². The molecule has 12 aromatic rings. The molecule has 0 spiro atoms. The molecule has 0 saturated carbocycles. The molecule has 8 aromatic carbocycles. The Kier molecular flexibility index (Phi) is 7.03. The number of fused-ring (bicyclic) bond motifs is 9. The molecule has 0 bridgehead atoms. The van der Waals surface area contributed by atoms with Gasteiger partial charge in [0, 0.05) is 64.0 Å². The van der Waals surface area contributed by atoms with Crippen molar-refractivity contribution >= 4 is 75.3 Å². The quantitative estimate of drug-likeness (QED) is 0.176. The van der Waals surface area contributed by atoms with Crippen LogP contribution in [0.1, 0.15) is 0 Å². The van der Waals surface area contributed by atoms with Gasteiger partial charge in [0.1, 0.15) is 5.58 Å². The van der Waals surface area contributed by atoms with E-state index < -0.39 is 0 Å². The predicted molar refractivity (Wildman–Crippen MR) is 236 cm³/mol. The molecule has 0 aliphatic rings. The largest absolute Gasteiger partial charge is 0.453 e. The van der Waals surface area contributed by atoms with Crippen LogP contribution in [0.2, 0.25) is 0 Å². The Morgan fingerprint density at radius 2 is 0.982 bits per heavy atom. The van der Waals surface area contributed by atoms with Gasteiger partial charge < -0.3 is 8.98 Å². The van der Waals surface area contributed by atoms with Crippen molar-refractivity contribution in [3.05, 3.63) is 182 Å². The van der Waals surface area contributed by atoms with E-state index in [-0.39, 0.29) is 0 Å². The van der Waals surface area contributed by atoms with Crippen LogP contribution in [0.5, 0.6) is 0 Å². The van der Waals surface area contributed by atoms with Crippen molar-refractivity contribution in [2.24, 2.45) is 0 Å². The Morgan fingerprint density at radius 3 is 1.72 bits per heavy atom. The van der Waals surface area contributed by atoms with Gasteiger partial charge in [-0.1, -0.05) is 140 Å². The van der Waals surface area contributed by atoms with Gasteiger partial charge >= 0.3 is 0 Å². The molecule has 5 nitrogen and oxygen atoms in total. The van der Waals surface area contributed by atoms with Crippen LogP contribution < -0.4 is 0 Å². The molecule has 0 radical (unpaired) electrons. The summed E-state index contributed by atoms with van der Waals surface area (Å²) < 4.78 is 12.2. The maximum atomic E-state index is 7.23. The molecular weight excluding hydrogens is 717 g/mol. The van der Waals surface area contributed by atoms with Crippen LogP contribution in [-0.4, -0.2) is 19.5 Å². The third-order valence-corrected chi connectivity index (χ3v) is 12.2. The minimum atomic E-state index is 0.587. The Balaban J connectivity index is 1.17. The van der Waals surface area contributed by atoms with Gasteiger partial charge in [-0.2, -0.15) is 0 Å². The topological polar surface area (TPSA) is 56.7 Å². The highest BCUT2D eigenvalue weighted by molar-refractivity contribution is 7.25. The molecule has 57 heavy (non-hydrogen) atoms. The van der Waals surface area contributed by atoms with Crippen molar-refractivity contribution in [2.45, 2.75) is 0 Å². The molecule has 4 heterocycles. The van der Waals surface area contributed by atoms with E-state index in [9.17, 15) is 0 Å². The summed E-state index contributed by atoms with van der Waals surface area (Å²) in [5.41, 5.74) is 9.65. The Hall–Kier alpha value is -7.41. The molecule has 4 aromatic heterocycles. The third kappa shape index (κ3) is 4.98. The Morgan fingerprint density at radius 1 is 0.386 bits per heavy atom. The molecule has 0 atom stereocenters. The number of furan rings is 1. The molecule has 0 fully saturated rings. The number of thiophene rings is 1. The standard InChI is InChI=1S/C51H30N4OS/c1-4-15-31(16-5-1)34-27-28-38(51-53-49(32-17-6-2-7-18-32)52-50(54-51)33-19-8-3-9-20-33)46-37-23-14-25-42(47(37)56-48(34)46)55-41-24-12-10-21-35(41)39-29-40-36-22-11-13-26-44(36)57-45(40)30-43(39)55/h1-30H. The van der Waals surface area contributed by atoms with Gasteiger partial charge in [0.15, 0.2) is 23.1 Å². The van der Waals surface area contributed by atoms with Gasteiger partial charge in [0.2, 0.25) is 0 Å². The number of aromatic nitrogens is 4. The Bertz CT molecular complexity index is 3460. The highest BCUT2D eigenvalue weighted by Crippen LogP contribution is 2.46. The SMILES string of the molecule is c1ccc(-c2nc(-c3ccccc3)nc(-c3ccc(-c4ccccc4)c4oc5c(-n6c7ccccc7c7cc8c(cc76)sc6ccccc68)cccc5c34)n2)cc1. The number of hydrogen-bond donors (Lipinski definition) is 0. The van der Waals surface area contributed by atoms with Crippen LogP contribution >= 0.6 is 11.3 Å². The molecule has 6 heteroatoms. The highest BCUT2D eigenvalue weighted by atomic mass is 32.1. The summed E-state index contributed by atoms with van der Waals surface area (Å²) in [7, 11) is 0. The fraction of sp³-hybridized carbons (Fsp3) is 0. The summed E-state index contributed by atoms with van der Waals surface area (Å²) in [5, 5.41) is 6.95. The molecule has 0 amide bonds. The summed E-state index contributed by atoms with van der Waals surface area (Å²) in [6.45, 7) is 0.